The minimum atomic E-state index is -4.34. The molecule has 0 spiro atoms. The SMILES string of the molecule is Cc1ccc(C)c(CNc2cc(C(F)(F)F)ccc2Br)c1. The Morgan fingerprint density at radius 1 is 1.05 bits per heavy atom. The van der Waals surface area contributed by atoms with Crippen LogP contribution in [0.5, 0.6) is 0 Å². The van der Waals surface area contributed by atoms with Crippen LogP contribution in [0.2, 0.25) is 0 Å². The molecular formula is C16H15BrF3N. The summed E-state index contributed by atoms with van der Waals surface area (Å²) in [5.74, 6) is 0. The van der Waals surface area contributed by atoms with Crippen LogP contribution in [0.15, 0.2) is 40.9 Å². The van der Waals surface area contributed by atoms with Gasteiger partial charge in [-0.05, 0) is 59.1 Å². The highest BCUT2D eigenvalue weighted by atomic mass is 79.9. The number of aryl methyl sites for hydroxylation is 2. The molecule has 0 bridgehead atoms. The van der Waals surface area contributed by atoms with Crippen molar-refractivity contribution in [3.63, 3.8) is 0 Å². The largest absolute Gasteiger partial charge is 0.416 e. The van der Waals surface area contributed by atoms with Crippen molar-refractivity contribution in [3.05, 3.63) is 63.1 Å². The fraction of sp³-hybridized carbons (Fsp3) is 0.250. The van der Waals surface area contributed by atoms with E-state index in [1.807, 2.05) is 32.0 Å². The molecule has 2 aromatic rings. The van der Waals surface area contributed by atoms with Crippen molar-refractivity contribution in [1.82, 2.24) is 0 Å². The van der Waals surface area contributed by atoms with Crippen LogP contribution in [-0.2, 0) is 12.7 Å². The average molecular weight is 358 g/mol. The molecule has 1 N–H and O–H groups in total. The second-order valence-corrected chi connectivity index (χ2v) is 5.83. The molecule has 0 aliphatic rings. The van der Waals surface area contributed by atoms with Gasteiger partial charge in [0.25, 0.3) is 0 Å². The monoisotopic (exact) mass is 357 g/mol. The summed E-state index contributed by atoms with van der Waals surface area (Å²) in [6.07, 6.45) is -4.34. The van der Waals surface area contributed by atoms with Crippen molar-refractivity contribution >= 4 is 21.6 Å². The molecule has 0 atom stereocenters. The van der Waals surface area contributed by atoms with E-state index < -0.39 is 11.7 Å². The van der Waals surface area contributed by atoms with Gasteiger partial charge in [0, 0.05) is 16.7 Å². The molecule has 0 aromatic heterocycles. The van der Waals surface area contributed by atoms with Gasteiger partial charge in [-0.1, -0.05) is 23.8 Å². The van der Waals surface area contributed by atoms with Crippen LogP contribution in [0, 0.1) is 13.8 Å². The van der Waals surface area contributed by atoms with Crippen LogP contribution in [0.1, 0.15) is 22.3 Å². The molecule has 0 aliphatic heterocycles. The Morgan fingerprint density at radius 2 is 1.76 bits per heavy atom. The molecule has 2 rings (SSSR count). The molecule has 0 amide bonds. The first-order valence-electron chi connectivity index (χ1n) is 6.44. The zero-order chi connectivity index (χ0) is 15.6. The normalized spacial score (nSPS) is 11.5. The quantitative estimate of drug-likeness (QED) is 0.743. The highest BCUT2D eigenvalue weighted by molar-refractivity contribution is 9.10. The van der Waals surface area contributed by atoms with Crippen molar-refractivity contribution in [2.45, 2.75) is 26.6 Å². The van der Waals surface area contributed by atoms with Gasteiger partial charge in [0.15, 0.2) is 0 Å². The second-order valence-electron chi connectivity index (χ2n) is 4.98. The lowest BCUT2D eigenvalue weighted by molar-refractivity contribution is -0.137. The summed E-state index contributed by atoms with van der Waals surface area (Å²) < 4.78 is 38.8. The van der Waals surface area contributed by atoms with Crippen LogP contribution >= 0.6 is 15.9 Å². The van der Waals surface area contributed by atoms with E-state index in [0.29, 0.717) is 16.7 Å². The zero-order valence-electron chi connectivity index (χ0n) is 11.7. The minimum absolute atomic E-state index is 0.436. The van der Waals surface area contributed by atoms with Gasteiger partial charge in [0.1, 0.15) is 0 Å². The van der Waals surface area contributed by atoms with Gasteiger partial charge in [-0.2, -0.15) is 13.2 Å². The Kier molecular flexibility index (Phi) is 4.61. The highest BCUT2D eigenvalue weighted by Crippen LogP contribution is 2.34. The number of hydrogen-bond acceptors (Lipinski definition) is 1. The first-order chi connectivity index (χ1) is 9.77. The van der Waals surface area contributed by atoms with Crippen molar-refractivity contribution < 1.29 is 13.2 Å². The number of hydrogen-bond donors (Lipinski definition) is 1. The van der Waals surface area contributed by atoms with E-state index in [2.05, 4.69) is 21.2 Å². The molecule has 2 aromatic carbocycles. The molecule has 0 fully saturated rings. The Labute approximate surface area is 130 Å². The topological polar surface area (TPSA) is 12.0 Å². The molecule has 0 unspecified atom stereocenters. The zero-order valence-corrected chi connectivity index (χ0v) is 13.3. The number of alkyl halides is 3. The first kappa shape index (κ1) is 15.9. The van der Waals surface area contributed by atoms with Crippen LogP contribution in [0.25, 0.3) is 0 Å². The van der Waals surface area contributed by atoms with Gasteiger partial charge < -0.3 is 5.32 Å². The summed E-state index contributed by atoms with van der Waals surface area (Å²) in [5.41, 5.74) is 3.08. The lowest BCUT2D eigenvalue weighted by Gasteiger charge is -2.14. The van der Waals surface area contributed by atoms with Crippen LogP contribution < -0.4 is 5.32 Å². The van der Waals surface area contributed by atoms with Crippen molar-refractivity contribution in [2.75, 3.05) is 5.32 Å². The van der Waals surface area contributed by atoms with Crippen molar-refractivity contribution in [1.29, 1.82) is 0 Å². The van der Waals surface area contributed by atoms with Crippen molar-refractivity contribution in [2.24, 2.45) is 0 Å². The maximum atomic E-state index is 12.7. The van der Waals surface area contributed by atoms with Crippen molar-refractivity contribution in [3.8, 4) is 0 Å². The van der Waals surface area contributed by atoms with E-state index in [9.17, 15) is 13.2 Å². The number of nitrogens with one attached hydrogen (secondary N) is 1. The van der Waals surface area contributed by atoms with Gasteiger partial charge in [-0.3, -0.25) is 0 Å². The van der Waals surface area contributed by atoms with E-state index in [1.54, 1.807) is 0 Å². The van der Waals surface area contributed by atoms with E-state index >= 15 is 0 Å². The van der Waals surface area contributed by atoms with Gasteiger partial charge in [0.05, 0.1) is 5.56 Å². The molecule has 5 heteroatoms. The first-order valence-corrected chi connectivity index (χ1v) is 7.23. The maximum absolute atomic E-state index is 12.7. The summed E-state index contributed by atoms with van der Waals surface area (Å²) in [6, 6.07) is 9.65. The molecule has 1 nitrogen and oxygen atoms in total. The third-order valence-electron chi connectivity index (χ3n) is 3.27. The third kappa shape index (κ3) is 4.00. The molecule has 0 radical (unpaired) electrons. The standard InChI is InChI=1S/C16H15BrF3N/c1-10-3-4-11(2)12(7-10)9-21-15-8-13(16(18,19)20)5-6-14(15)17/h3-8,21H,9H2,1-2H3. The second kappa shape index (κ2) is 6.10. The average Bonchev–Trinajstić information content (AvgIpc) is 2.40. The lowest BCUT2D eigenvalue weighted by atomic mass is 10.1. The predicted octanol–water partition coefficient (Wildman–Crippen LogP) is 5.70. The molecule has 0 aliphatic carbocycles. The molecule has 0 heterocycles. The fourth-order valence-electron chi connectivity index (χ4n) is 2.02. The summed E-state index contributed by atoms with van der Waals surface area (Å²) in [5, 5.41) is 3.06. The van der Waals surface area contributed by atoms with Gasteiger partial charge in [-0.15, -0.1) is 0 Å². The molecule has 112 valence electrons. The molecule has 0 saturated carbocycles. The molecule has 21 heavy (non-hydrogen) atoms. The van der Waals surface area contributed by atoms with E-state index in [0.717, 1.165) is 28.8 Å². The predicted molar refractivity (Wildman–Crippen MR) is 82.4 cm³/mol. The van der Waals surface area contributed by atoms with Gasteiger partial charge in [0.2, 0.25) is 0 Å². The Balaban J connectivity index is 2.22. The number of rotatable bonds is 3. The fourth-order valence-corrected chi connectivity index (χ4v) is 2.41. The number of anilines is 1. The summed E-state index contributed by atoms with van der Waals surface area (Å²) >= 11 is 3.27. The van der Waals surface area contributed by atoms with E-state index in [-0.39, 0.29) is 0 Å². The van der Waals surface area contributed by atoms with Gasteiger partial charge >= 0.3 is 6.18 Å². The summed E-state index contributed by atoms with van der Waals surface area (Å²) in [7, 11) is 0. The Bertz CT molecular complexity index is 650. The Morgan fingerprint density at radius 3 is 2.43 bits per heavy atom. The van der Waals surface area contributed by atoms with E-state index in [4.69, 9.17) is 0 Å². The number of halogens is 4. The third-order valence-corrected chi connectivity index (χ3v) is 3.96. The van der Waals surface area contributed by atoms with E-state index in [1.165, 1.54) is 6.07 Å². The maximum Gasteiger partial charge on any atom is 0.416 e. The van der Waals surface area contributed by atoms with Gasteiger partial charge in [-0.25, -0.2) is 0 Å². The lowest BCUT2D eigenvalue weighted by Crippen LogP contribution is -2.07. The highest BCUT2D eigenvalue weighted by Gasteiger charge is 2.30. The Hall–Kier alpha value is -1.49. The van der Waals surface area contributed by atoms with Crippen LogP contribution in [-0.4, -0.2) is 0 Å². The van der Waals surface area contributed by atoms with Crippen LogP contribution in [0.4, 0.5) is 18.9 Å². The number of benzene rings is 2. The molecular weight excluding hydrogens is 343 g/mol. The smallest absolute Gasteiger partial charge is 0.380 e. The van der Waals surface area contributed by atoms with Crippen LogP contribution in [0.3, 0.4) is 0 Å². The summed E-state index contributed by atoms with van der Waals surface area (Å²) in [4.78, 5) is 0. The minimum Gasteiger partial charge on any atom is -0.380 e. The molecule has 0 saturated heterocycles. The summed E-state index contributed by atoms with van der Waals surface area (Å²) in [6.45, 7) is 4.45.